The fraction of sp³-hybridized carbons (Fsp3) is 0. The van der Waals surface area contributed by atoms with Crippen LogP contribution in [0.3, 0.4) is 0 Å². The van der Waals surface area contributed by atoms with E-state index >= 15 is 0 Å². The Bertz CT molecular complexity index is 1480. The van der Waals surface area contributed by atoms with E-state index in [1.807, 2.05) is 30.3 Å². The lowest BCUT2D eigenvalue weighted by molar-refractivity contribution is -0.385. The topological polar surface area (TPSA) is 190 Å². The molecule has 0 fully saturated rings. The Kier molecular flexibility index (Phi) is 7.30. The molecule has 4 rings (SSSR count). The van der Waals surface area contributed by atoms with Crippen molar-refractivity contribution in [3.8, 4) is 0 Å². The van der Waals surface area contributed by atoms with Gasteiger partial charge in [0.2, 0.25) is 11.6 Å². The third kappa shape index (κ3) is 6.02. The first-order chi connectivity index (χ1) is 17.9. The largest absolute Gasteiger partial charge is 0.355 e. The van der Waals surface area contributed by atoms with Gasteiger partial charge in [0.15, 0.2) is 0 Å². The number of hydrazine groups is 1. The zero-order valence-electron chi connectivity index (χ0n) is 18.8. The lowest BCUT2D eigenvalue weighted by atomic mass is 10.2. The van der Waals surface area contributed by atoms with E-state index in [1.54, 1.807) is 24.3 Å². The van der Waals surface area contributed by atoms with Gasteiger partial charge in [0.1, 0.15) is 11.9 Å². The highest BCUT2D eigenvalue weighted by atomic mass is 16.6. The van der Waals surface area contributed by atoms with Crippen molar-refractivity contribution in [2.75, 3.05) is 10.7 Å². The van der Waals surface area contributed by atoms with E-state index in [2.05, 4.69) is 36.4 Å². The number of carbonyl (C=O) groups is 1. The summed E-state index contributed by atoms with van der Waals surface area (Å²) in [5.41, 5.74) is 5.04. The number of carbonyl (C=O) groups excluding carboxylic acids is 1. The van der Waals surface area contributed by atoms with Crippen molar-refractivity contribution in [2.24, 2.45) is 10.2 Å². The van der Waals surface area contributed by atoms with Gasteiger partial charge < -0.3 is 5.32 Å². The number of benzene rings is 3. The molecule has 14 nitrogen and oxygen atoms in total. The van der Waals surface area contributed by atoms with Gasteiger partial charge in [-0.2, -0.15) is 10.2 Å². The van der Waals surface area contributed by atoms with Crippen molar-refractivity contribution in [1.29, 1.82) is 0 Å². The first-order valence-electron chi connectivity index (χ1n) is 10.6. The van der Waals surface area contributed by atoms with Crippen molar-refractivity contribution in [3.63, 3.8) is 0 Å². The number of amides is 1. The van der Waals surface area contributed by atoms with Crippen LogP contribution in [0.2, 0.25) is 0 Å². The van der Waals surface area contributed by atoms with Crippen LogP contribution in [0.25, 0.3) is 0 Å². The summed E-state index contributed by atoms with van der Waals surface area (Å²) < 4.78 is 0. The van der Waals surface area contributed by atoms with Crippen LogP contribution >= 0.6 is 0 Å². The van der Waals surface area contributed by atoms with E-state index in [1.165, 1.54) is 24.3 Å². The molecule has 0 unspecified atom stereocenters. The number of anilines is 3. The zero-order valence-corrected chi connectivity index (χ0v) is 18.8. The molecule has 0 spiro atoms. The number of nitrogens with zero attached hydrogens (tertiary/aromatic N) is 6. The highest BCUT2D eigenvalue weighted by molar-refractivity contribution is 5.98. The summed E-state index contributed by atoms with van der Waals surface area (Å²) in [6, 6.07) is 21.0. The molecule has 0 saturated heterocycles. The van der Waals surface area contributed by atoms with E-state index in [4.69, 9.17) is 0 Å². The van der Waals surface area contributed by atoms with Crippen LogP contribution in [-0.4, -0.2) is 25.7 Å². The molecule has 3 N–H and O–H groups in total. The van der Waals surface area contributed by atoms with Crippen molar-refractivity contribution < 1.29 is 14.6 Å². The molecule has 1 amide bonds. The van der Waals surface area contributed by atoms with E-state index in [9.17, 15) is 25.0 Å². The van der Waals surface area contributed by atoms with Gasteiger partial charge in [-0.1, -0.05) is 30.3 Å². The van der Waals surface area contributed by atoms with E-state index in [0.717, 1.165) is 6.33 Å². The Hall–Kier alpha value is -5.79. The van der Waals surface area contributed by atoms with Gasteiger partial charge in [0.05, 0.1) is 21.2 Å². The second-order valence-electron chi connectivity index (χ2n) is 7.24. The molecule has 184 valence electrons. The molecule has 0 aliphatic rings. The lowest BCUT2D eigenvalue weighted by Crippen LogP contribution is -2.30. The van der Waals surface area contributed by atoms with Crippen LogP contribution in [0.4, 0.5) is 40.1 Å². The van der Waals surface area contributed by atoms with Crippen molar-refractivity contribution in [2.45, 2.75) is 0 Å². The summed E-state index contributed by atoms with van der Waals surface area (Å²) >= 11 is 0. The Morgan fingerprint density at radius 1 is 0.757 bits per heavy atom. The number of para-hydroxylation sites is 1. The Balaban J connectivity index is 1.49. The third-order valence-electron chi connectivity index (χ3n) is 4.81. The molecule has 37 heavy (non-hydrogen) atoms. The van der Waals surface area contributed by atoms with Crippen LogP contribution < -0.4 is 16.2 Å². The molecule has 0 atom stereocenters. The molecular formula is C23H17N9O5. The predicted molar refractivity (Wildman–Crippen MR) is 133 cm³/mol. The number of aromatic nitrogens is 2. The van der Waals surface area contributed by atoms with Crippen LogP contribution in [0.5, 0.6) is 0 Å². The fourth-order valence-electron chi connectivity index (χ4n) is 3.10. The highest BCUT2D eigenvalue weighted by Crippen LogP contribution is 2.31. The summed E-state index contributed by atoms with van der Waals surface area (Å²) in [4.78, 5) is 41.7. The second kappa shape index (κ2) is 11.1. The van der Waals surface area contributed by atoms with Gasteiger partial charge in [-0.25, -0.2) is 9.97 Å². The lowest BCUT2D eigenvalue weighted by Gasteiger charge is -2.11. The summed E-state index contributed by atoms with van der Waals surface area (Å²) in [5.74, 6) is -1.36. The maximum atomic E-state index is 12.5. The SMILES string of the molecule is O=C(NNc1ncnc(Nc2ccc(N=Nc3ccccc3)cc2)c1[N+](=O)[O-])c1ccccc1[N+](=O)[O-]. The molecule has 0 aliphatic carbocycles. The molecule has 1 heterocycles. The number of hydrogen-bond acceptors (Lipinski definition) is 11. The number of nitrogens with one attached hydrogen (secondary N) is 3. The summed E-state index contributed by atoms with van der Waals surface area (Å²) in [5, 5.41) is 34.0. The quantitative estimate of drug-likeness (QED) is 0.158. The number of nitro benzene ring substituents is 1. The van der Waals surface area contributed by atoms with E-state index in [0.29, 0.717) is 17.1 Å². The zero-order chi connectivity index (χ0) is 26.2. The molecule has 0 saturated carbocycles. The molecule has 1 aromatic heterocycles. The van der Waals surface area contributed by atoms with Crippen LogP contribution in [0, 0.1) is 20.2 Å². The maximum Gasteiger partial charge on any atom is 0.355 e. The minimum absolute atomic E-state index is 0.152. The Labute approximate surface area is 208 Å². The number of hydrogen-bond donors (Lipinski definition) is 3. The van der Waals surface area contributed by atoms with Gasteiger partial charge in [-0.05, 0) is 42.5 Å². The number of azo groups is 1. The molecule has 0 aliphatic heterocycles. The molecule has 4 aromatic rings. The van der Waals surface area contributed by atoms with Crippen LogP contribution in [0.1, 0.15) is 10.4 Å². The van der Waals surface area contributed by atoms with Gasteiger partial charge >= 0.3 is 5.69 Å². The van der Waals surface area contributed by atoms with E-state index < -0.39 is 27.1 Å². The van der Waals surface area contributed by atoms with Crippen molar-refractivity contribution in [3.05, 3.63) is 111 Å². The maximum absolute atomic E-state index is 12.5. The third-order valence-corrected chi connectivity index (χ3v) is 4.81. The minimum Gasteiger partial charge on any atom is -0.334 e. The monoisotopic (exact) mass is 499 g/mol. The molecular weight excluding hydrogens is 482 g/mol. The summed E-state index contributed by atoms with van der Waals surface area (Å²) in [6.45, 7) is 0. The smallest absolute Gasteiger partial charge is 0.334 e. The first-order valence-corrected chi connectivity index (χ1v) is 10.6. The minimum atomic E-state index is -0.880. The van der Waals surface area contributed by atoms with Crippen LogP contribution in [-0.2, 0) is 0 Å². The highest BCUT2D eigenvalue weighted by Gasteiger charge is 2.25. The second-order valence-corrected chi connectivity index (χ2v) is 7.24. The average molecular weight is 499 g/mol. The first kappa shape index (κ1) is 24.3. The summed E-state index contributed by atoms with van der Waals surface area (Å²) in [7, 11) is 0. The standard InChI is InChI=1S/C23H17N9O5/c33-23(18-8-4-5-9-19(18)31(34)35)30-29-22-20(32(36)37)21(24-14-25-22)26-15-10-12-17(13-11-15)28-27-16-6-2-1-3-7-16/h1-14H,(H,30,33)(H2,24,25,26,29). The number of nitro groups is 2. The van der Waals surface area contributed by atoms with Crippen molar-refractivity contribution in [1.82, 2.24) is 15.4 Å². The fourth-order valence-corrected chi connectivity index (χ4v) is 3.10. The Morgan fingerprint density at radius 2 is 1.38 bits per heavy atom. The normalized spacial score (nSPS) is 10.6. The molecule has 0 bridgehead atoms. The van der Waals surface area contributed by atoms with Gasteiger partial charge in [0.25, 0.3) is 11.6 Å². The van der Waals surface area contributed by atoms with Gasteiger partial charge in [-0.3, -0.25) is 35.9 Å². The van der Waals surface area contributed by atoms with Gasteiger partial charge in [-0.15, -0.1) is 0 Å². The number of rotatable bonds is 9. The van der Waals surface area contributed by atoms with Crippen molar-refractivity contribution >= 4 is 46.0 Å². The molecule has 14 heteroatoms. The van der Waals surface area contributed by atoms with Crippen LogP contribution in [0.15, 0.2) is 95.4 Å². The predicted octanol–water partition coefficient (Wildman–Crippen LogP) is 5.21. The molecule has 0 radical (unpaired) electrons. The average Bonchev–Trinajstić information content (AvgIpc) is 2.91. The van der Waals surface area contributed by atoms with Gasteiger partial charge in [0, 0.05) is 11.8 Å². The Morgan fingerprint density at radius 3 is 2.05 bits per heavy atom. The summed E-state index contributed by atoms with van der Waals surface area (Å²) in [6.07, 6.45) is 1.05. The molecule has 3 aromatic carbocycles. The van der Waals surface area contributed by atoms with E-state index in [-0.39, 0.29) is 17.2 Å².